The Hall–Kier alpha value is -2.26. The standard InChI is InChI=1S/C14H13BrN6OS/c1-8-5-11(18-17-8)13-19-20-14(23)21(13)16-7-9-3-4-12(22-2)10(15)6-9/h3-7H,1-2H3,(H,17,18)(H,20,23)/b16-7+. The molecule has 0 amide bonds. The molecule has 3 aromatic rings. The van der Waals surface area contributed by atoms with Gasteiger partial charge in [0, 0.05) is 5.69 Å². The lowest BCUT2D eigenvalue weighted by atomic mass is 10.2. The van der Waals surface area contributed by atoms with Crippen LogP contribution in [0.15, 0.2) is 33.8 Å². The molecule has 0 saturated carbocycles. The predicted octanol–water partition coefficient (Wildman–Crippen LogP) is 3.29. The number of aromatic amines is 2. The average molecular weight is 393 g/mol. The van der Waals surface area contributed by atoms with Gasteiger partial charge < -0.3 is 4.74 Å². The van der Waals surface area contributed by atoms with Crippen LogP contribution in [0, 0.1) is 11.7 Å². The van der Waals surface area contributed by atoms with Crippen molar-refractivity contribution < 1.29 is 4.74 Å². The second-order valence-electron chi connectivity index (χ2n) is 4.74. The summed E-state index contributed by atoms with van der Waals surface area (Å²) in [7, 11) is 1.62. The van der Waals surface area contributed by atoms with Crippen molar-refractivity contribution in [1.29, 1.82) is 0 Å². The van der Waals surface area contributed by atoms with Crippen molar-refractivity contribution in [2.24, 2.45) is 5.10 Å². The predicted molar refractivity (Wildman–Crippen MR) is 93.4 cm³/mol. The van der Waals surface area contributed by atoms with Gasteiger partial charge in [-0.25, -0.2) is 5.10 Å². The number of H-pyrrole nitrogens is 2. The molecule has 0 spiro atoms. The summed E-state index contributed by atoms with van der Waals surface area (Å²) < 4.78 is 7.98. The van der Waals surface area contributed by atoms with E-state index in [0.29, 0.717) is 16.3 Å². The molecule has 0 aliphatic heterocycles. The number of benzene rings is 1. The summed E-state index contributed by atoms with van der Waals surface area (Å²) >= 11 is 8.67. The van der Waals surface area contributed by atoms with Crippen molar-refractivity contribution in [1.82, 2.24) is 25.1 Å². The molecular weight excluding hydrogens is 380 g/mol. The molecule has 0 saturated heterocycles. The molecule has 0 radical (unpaired) electrons. The molecular formula is C14H13BrN6OS. The van der Waals surface area contributed by atoms with Crippen molar-refractivity contribution in [3.8, 4) is 17.3 Å². The Balaban J connectivity index is 1.95. The van der Waals surface area contributed by atoms with Gasteiger partial charge in [-0.15, -0.1) is 0 Å². The van der Waals surface area contributed by atoms with E-state index < -0.39 is 0 Å². The van der Waals surface area contributed by atoms with Gasteiger partial charge in [0.1, 0.15) is 11.4 Å². The molecule has 2 N–H and O–H groups in total. The molecule has 0 fully saturated rings. The van der Waals surface area contributed by atoms with Crippen LogP contribution < -0.4 is 4.74 Å². The largest absolute Gasteiger partial charge is 0.496 e. The Morgan fingerprint density at radius 2 is 2.13 bits per heavy atom. The molecule has 23 heavy (non-hydrogen) atoms. The van der Waals surface area contributed by atoms with Crippen LogP contribution in [0.2, 0.25) is 0 Å². The van der Waals surface area contributed by atoms with E-state index in [9.17, 15) is 0 Å². The zero-order chi connectivity index (χ0) is 16.4. The van der Waals surface area contributed by atoms with Crippen LogP contribution in [-0.4, -0.2) is 38.4 Å². The molecule has 2 aromatic heterocycles. The second kappa shape index (κ2) is 6.47. The fraction of sp³-hybridized carbons (Fsp3) is 0.143. The minimum atomic E-state index is 0.393. The first-order valence-corrected chi connectivity index (χ1v) is 7.86. The molecule has 2 heterocycles. The number of aryl methyl sites for hydroxylation is 1. The van der Waals surface area contributed by atoms with E-state index in [1.54, 1.807) is 13.3 Å². The van der Waals surface area contributed by atoms with Crippen LogP contribution >= 0.6 is 28.1 Å². The number of aromatic nitrogens is 5. The summed E-state index contributed by atoms with van der Waals surface area (Å²) in [6, 6.07) is 7.54. The molecule has 0 aliphatic rings. The maximum atomic E-state index is 5.22. The molecule has 3 rings (SSSR count). The molecule has 0 atom stereocenters. The Morgan fingerprint density at radius 3 is 2.78 bits per heavy atom. The summed E-state index contributed by atoms with van der Waals surface area (Å²) in [5.41, 5.74) is 2.50. The molecule has 9 heteroatoms. The van der Waals surface area contributed by atoms with Crippen molar-refractivity contribution in [3.05, 3.63) is 44.8 Å². The van der Waals surface area contributed by atoms with Gasteiger partial charge >= 0.3 is 0 Å². The van der Waals surface area contributed by atoms with Gasteiger partial charge in [0.15, 0.2) is 0 Å². The minimum absolute atomic E-state index is 0.393. The van der Waals surface area contributed by atoms with Gasteiger partial charge in [0.2, 0.25) is 10.6 Å². The van der Waals surface area contributed by atoms with E-state index >= 15 is 0 Å². The lowest BCUT2D eigenvalue weighted by Gasteiger charge is -2.03. The summed E-state index contributed by atoms with van der Waals surface area (Å²) in [4.78, 5) is 0. The van der Waals surface area contributed by atoms with Gasteiger partial charge in [-0.3, -0.25) is 5.10 Å². The number of nitrogens with one attached hydrogen (secondary N) is 2. The van der Waals surface area contributed by atoms with E-state index in [2.05, 4.69) is 41.4 Å². The molecule has 0 bridgehead atoms. The highest BCUT2D eigenvalue weighted by Gasteiger charge is 2.11. The molecule has 0 unspecified atom stereocenters. The number of ether oxygens (including phenoxy) is 1. The third-order valence-electron chi connectivity index (χ3n) is 3.08. The third kappa shape index (κ3) is 3.25. The van der Waals surface area contributed by atoms with Crippen molar-refractivity contribution in [2.45, 2.75) is 6.92 Å². The number of nitrogens with zero attached hydrogens (tertiary/aromatic N) is 4. The number of hydrogen-bond acceptors (Lipinski definition) is 5. The Bertz CT molecular complexity index is 925. The number of rotatable bonds is 4. The van der Waals surface area contributed by atoms with Gasteiger partial charge in [0.25, 0.3) is 0 Å². The second-order valence-corrected chi connectivity index (χ2v) is 5.98. The number of methoxy groups -OCH3 is 1. The molecule has 0 aliphatic carbocycles. The van der Waals surface area contributed by atoms with Crippen molar-refractivity contribution in [3.63, 3.8) is 0 Å². The Labute approximate surface area is 145 Å². The fourth-order valence-electron chi connectivity index (χ4n) is 1.98. The number of halogens is 1. The van der Waals surface area contributed by atoms with E-state index in [-0.39, 0.29) is 0 Å². The highest BCUT2D eigenvalue weighted by molar-refractivity contribution is 9.10. The average Bonchev–Trinajstić information content (AvgIpc) is 3.11. The maximum Gasteiger partial charge on any atom is 0.216 e. The first-order valence-electron chi connectivity index (χ1n) is 6.66. The summed E-state index contributed by atoms with van der Waals surface area (Å²) in [5, 5.41) is 18.4. The quantitative estimate of drug-likeness (QED) is 0.526. The van der Waals surface area contributed by atoms with Crippen LogP contribution in [0.25, 0.3) is 11.5 Å². The monoisotopic (exact) mass is 392 g/mol. The first kappa shape index (κ1) is 15.6. The van der Waals surface area contributed by atoms with Crippen LogP contribution in [-0.2, 0) is 0 Å². The van der Waals surface area contributed by atoms with E-state index in [1.165, 1.54) is 4.68 Å². The number of hydrogen-bond donors (Lipinski definition) is 2. The zero-order valence-corrected chi connectivity index (χ0v) is 14.8. The van der Waals surface area contributed by atoms with Crippen LogP contribution in [0.3, 0.4) is 0 Å². The van der Waals surface area contributed by atoms with Gasteiger partial charge in [0.05, 0.1) is 17.8 Å². The van der Waals surface area contributed by atoms with Crippen LogP contribution in [0.5, 0.6) is 5.75 Å². The van der Waals surface area contributed by atoms with Gasteiger partial charge in [-0.05, 0) is 64.9 Å². The zero-order valence-electron chi connectivity index (χ0n) is 12.4. The topological polar surface area (TPSA) is 83.9 Å². The normalized spacial score (nSPS) is 11.3. The Morgan fingerprint density at radius 1 is 1.30 bits per heavy atom. The third-order valence-corrected chi connectivity index (χ3v) is 3.97. The highest BCUT2D eigenvalue weighted by atomic mass is 79.9. The lowest BCUT2D eigenvalue weighted by Crippen LogP contribution is -1.95. The van der Waals surface area contributed by atoms with Gasteiger partial charge in [-0.2, -0.15) is 20.0 Å². The molecule has 7 nitrogen and oxygen atoms in total. The fourth-order valence-corrected chi connectivity index (χ4v) is 2.72. The summed E-state index contributed by atoms with van der Waals surface area (Å²) in [5.74, 6) is 1.30. The highest BCUT2D eigenvalue weighted by Crippen LogP contribution is 2.25. The van der Waals surface area contributed by atoms with Gasteiger partial charge in [-0.1, -0.05) is 0 Å². The van der Waals surface area contributed by atoms with E-state index in [4.69, 9.17) is 17.0 Å². The van der Waals surface area contributed by atoms with E-state index in [1.807, 2.05) is 31.2 Å². The minimum Gasteiger partial charge on any atom is -0.496 e. The van der Waals surface area contributed by atoms with Crippen LogP contribution in [0.1, 0.15) is 11.3 Å². The molecule has 1 aromatic carbocycles. The molecule has 118 valence electrons. The Kier molecular flexibility index (Phi) is 4.39. The van der Waals surface area contributed by atoms with E-state index in [0.717, 1.165) is 21.5 Å². The first-order chi connectivity index (χ1) is 11.1. The summed E-state index contributed by atoms with van der Waals surface area (Å²) in [6.07, 6.45) is 1.69. The van der Waals surface area contributed by atoms with Crippen LogP contribution in [0.4, 0.5) is 0 Å². The van der Waals surface area contributed by atoms with Crippen molar-refractivity contribution >= 4 is 34.4 Å². The smallest absolute Gasteiger partial charge is 0.216 e. The lowest BCUT2D eigenvalue weighted by molar-refractivity contribution is 0.412. The van der Waals surface area contributed by atoms with Crippen molar-refractivity contribution in [2.75, 3.05) is 7.11 Å². The maximum absolute atomic E-state index is 5.22. The SMILES string of the molecule is COc1ccc(/C=N/n2c(-c3cc(C)[nH]n3)n[nH]c2=S)cc1Br. The summed E-state index contributed by atoms with van der Waals surface area (Å²) in [6.45, 7) is 1.92.